The van der Waals surface area contributed by atoms with Crippen LogP contribution in [-0.2, 0) is 4.74 Å². The van der Waals surface area contributed by atoms with Gasteiger partial charge in [0.05, 0.1) is 12.2 Å². The summed E-state index contributed by atoms with van der Waals surface area (Å²) in [6.07, 6.45) is 2.00. The number of ether oxygens (including phenoxy) is 1. The molecule has 88 valence electrons. The number of aldehydes is 1. The van der Waals surface area contributed by atoms with Crippen molar-refractivity contribution in [2.75, 3.05) is 31.7 Å². The number of aromatic nitrogens is 2. The molecule has 0 aromatic carbocycles. The van der Waals surface area contributed by atoms with Gasteiger partial charge in [-0.05, 0) is 6.92 Å². The quantitative estimate of drug-likeness (QED) is 0.430. The molecule has 0 unspecified atom stereocenters. The van der Waals surface area contributed by atoms with Crippen LogP contribution in [0, 0.1) is 0 Å². The lowest BCUT2D eigenvalue weighted by Crippen LogP contribution is -2.25. The lowest BCUT2D eigenvalue weighted by Gasteiger charge is -2.19. The highest BCUT2D eigenvalue weighted by Gasteiger charge is 2.12. The van der Waals surface area contributed by atoms with Gasteiger partial charge >= 0.3 is 0 Å². The van der Waals surface area contributed by atoms with Crippen LogP contribution in [-0.4, -0.2) is 43.1 Å². The molecule has 1 heterocycles. The first kappa shape index (κ1) is 12.9. The Labute approximate surface area is 99.4 Å². The lowest BCUT2D eigenvalue weighted by molar-refractivity contribution is 0.112. The van der Waals surface area contributed by atoms with Gasteiger partial charge in [-0.1, -0.05) is 11.6 Å². The molecule has 0 aliphatic rings. The van der Waals surface area contributed by atoms with Crippen LogP contribution in [0.2, 0.25) is 5.15 Å². The van der Waals surface area contributed by atoms with E-state index in [1.807, 2.05) is 18.9 Å². The summed E-state index contributed by atoms with van der Waals surface area (Å²) in [5.74, 6) is 0.523. The maximum atomic E-state index is 10.9. The van der Waals surface area contributed by atoms with Crippen LogP contribution in [0.5, 0.6) is 0 Å². The summed E-state index contributed by atoms with van der Waals surface area (Å²) in [5, 5.41) is 0.170. The van der Waals surface area contributed by atoms with Crippen LogP contribution >= 0.6 is 11.6 Å². The van der Waals surface area contributed by atoms with Gasteiger partial charge in [0.1, 0.15) is 17.3 Å². The minimum absolute atomic E-state index is 0.170. The molecule has 0 saturated carbocycles. The highest BCUT2D eigenvalue weighted by molar-refractivity contribution is 6.32. The second kappa shape index (κ2) is 6.40. The zero-order valence-electron chi connectivity index (χ0n) is 9.31. The standard InChI is InChI=1S/C10H14ClN3O2/c1-3-16-5-4-14(2)10-8(6-15)9(11)12-7-13-10/h6-7H,3-5H2,1-2H3. The molecule has 0 saturated heterocycles. The van der Waals surface area contributed by atoms with E-state index in [1.165, 1.54) is 6.33 Å². The molecule has 0 fully saturated rings. The van der Waals surface area contributed by atoms with Gasteiger partial charge < -0.3 is 9.64 Å². The molecule has 0 bridgehead atoms. The fraction of sp³-hybridized carbons (Fsp3) is 0.500. The summed E-state index contributed by atoms with van der Waals surface area (Å²) in [4.78, 5) is 20.5. The Morgan fingerprint density at radius 1 is 1.56 bits per heavy atom. The van der Waals surface area contributed by atoms with Gasteiger partial charge in [0.15, 0.2) is 6.29 Å². The minimum Gasteiger partial charge on any atom is -0.380 e. The molecule has 0 aliphatic carbocycles. The molecule has 5 nitrogen and oxygen atoms in total. The Morgan fingerprint density at radius 3 is 2.94 bits per heavy atom. The van der Waals surface area contributed by atoms with Crippen LogP contribution in [0.15, 0.2) is 6.33 Å². The second-order valence-electron chi connectivity index (χ2n) is 3.14. The highest BCUT2D eigenvalue weighted by Crippen LogP contribution is 2.19. The smallest absolute Gasteiger partial charge is 0.156 e. The monoisotopic (exact) mass is 243 g/mol. The molecule has 0 aliphatic heterocycles. The zero-order chi connectivity index (χ0) is 12.0. The molecule has 1 rings (SSSR count). The third-order valence-corrected chi connectivity index (χ3v) is 2.37. The van der Waals surface area contributed by atoms with Crippen molar-refractivity contribution < 1.29 is 9.53 Å². The molecule has 16 heavy (non-hydrogen) atoms. The van der Waals surface area contributed by atoms with E-state index in [4.69, 9.17) is 16.3 Å². The highest BCUT2D eigenvalue weighted by atomic mass is 35.5. The van der Waals surface area contributed by atoms with E-state index >= 15 is 0 Å². The summed E-state index contributed by atoms with van der Waals surface area (Å²) in [5.41, 5.74) is 0.308. The maximum Gasteiger partial charge on any atom is 0.156 e. The van der Waals surface area contributed by atoms with E-state index in [0.717, 1.165) is 0 Å². The molecule has 0 amide bonds. The van der Waals surface area contributed by atoms with Crippen molar-refractivity contribution in [3.05, 3.63) is 17.0 Å². The van der Waals surface area contributed by atoms with Crippen LogP contribution in [0.3, 0.4) is 0 Å². The number of likely N-dealkylation sites (N-methyl/N-ethyl adjacent to an activating group) is 1. The normalized spacial score (nSPS) is 10.2. The van der Waals surface area contributed by atoms with Crippen molar-refractivity contribution in [3.8, 4) is 0 Å². The average molecular weight is 244 g/mol. The number of rotatable bonds is 6. The Balaban J connectivity index is 2.78. The van der Waals surface area contributed by atoms with Crippen molar-refractivity contribution in [3.63, 3.8) is 0 Å². The number of anilines is 1. The Morgan fingerprint density at radius 2 is 2.31 bits per heavy atom. The molecule has 6 heteroatoms. The number of carbonyl (C=O) groups is 1. The Hall–Kier alpha value is -1.20. The van der Waals surface area contributed by atoms with Crippen LogP contribution < -0.4 is 4.90 Å². The van der Waals surface area contributed by atoms with Gasteiger partial charge in [0.25, 0.3) is 0 Å². The molecule has 1 aromatic rings. The molecule has 1 aromatic heterocycles. The second-order valence-corrected chi connectivity index (χ2v) is 3.50. The molecule has 0 atom stereocenters. The minimum atomic E-state index is 0.170. The van der Waals surface area contributed by atoms with Crippen LogP contribution in [0.4, 0.5) is 5.82 Å². The predicted molar refractivity (Wildman–Crippen MR) is 62.2 cm³/mol. The number of nitrogens with zero attached hydrogens (tertiary/aromatic N) is 3. The number of halogens is 1. The number of hydrogen-bond donors (Lipinski definition) is 0. The fourth-order valence-electron chi connectivity index (χ4n) is 1.22. The van der Waals surface area contributed by atoms with Crippen molar-refractivity contribution in [2.45, 2.75) is 6.92 Å². The summed E-state index contributed by atoms with van der Waals surface area (Å²) in [7, 11) is 1.82. The average Bonchev–Trinajstić information content (AvgIpc) is 2.29. The molecule has 0 N–H and O–H groups in total. The number of carbonyl (C=O) groups excluding carboxylic acids is 1. The van der Waals surface area contributed by atoms with Gasteiger partial charge in [-0.15, -0.1) is 0 Å². The largest absolute Gasteiger partial charge is 0.380 e. The van der Waals surface area contributed by atoms with Gasteiger partial charge in [-0.25, -0.2) is 9.97 Å². The molecule has 0 radical (unpaired) electrons. The van der Waals surface area contributed by atoms with Crippen molar-refractivity contribution in [1.29, 1.82) is 0 Å². The molecular formula is C10H14ClN3O2. The summed E-state index contributed by atoms with van der Waals surface area (Å²) >= 11 is 5.79. The van der Waals surface area contributed by atoms with E-state index in [-0.39, 0.29) is 5.15 Å². The first-order valence-corrected chi connectivity index (χ1v) is 5.33. The van der Waals surface area contributed by atoms with Crippen molar-refractivity contribution >= 4 is 23.7 Å². The van der Waals surface area contributed by atoms with Gasteiger partial charge in [-0.3, -0.25) is 4.79 Å². The SMILES string of the molecule is CCOCCN(C)c1ncnc(Cl)c1C=O. The predicted octanol–water partition coefficient (Wildman–Crippen LogP) is 1.42. The van der Waals surface area contributed by atoms with Crippen LogP contribution in [0.1, 0.15) is 17.3 Å². The maximum absolute atomic E-state index is 10.9. The van der Waals surface area contributed by atoms with Gasteiger partial charge in [0.2, 0.25) is 0 Å². The van der Waals surface area contributed by atoms with Crippen LogP contribution in [0.25, 0.3) is 0 Å². The first-order valence-electron chi connectivity index (χ1n) is 4.95. The first-order chi connectivity index (χ1) is 7.70. The van der Waals surface area contributed by atoms with Gasteiger partial charge in [-0.2, -0.15) is 0 Å². The van der Waals surface area contributed by atoms with Gasteiger partial charge in [0, 0.05) is 20.2 Å². The summed E-state index contributed by atoms with van der Waals surface area (Å²) < 4.78 is 5.22. The van der Waals surface area contributed by atoms with E-state index in [9.17, 15) is 4.79 Å². The third-order valence-electron chi connectivity index (χ3n) is 2.07. The Kier molecular flexibility index (Phi) is 5.14. The summed E-state index contributed by atoms with van der Waals surface area (Å²) in [6, 6.07) is 0. The van der Waals surface area contributed by atoms with E-state index in [1.54, 1.807) is 0 Å². The van der Waals surface area contributed by atoms with E-state index in [2.05, 4.69) is 9.97 Å². The zero-order valence-corrected chi connectivity index (χ0v) is 10.1. The van der Waals surface area contributed by atoms with E-state index < -0.39 is 0 Å². The number of hydrogen-bond acceptors (Lipinski definition) is 5. The topological polar surface area (TPSA) is 55.3 Å². The Bertz CT molecular complexity index is 360. The lowest BCUT2D eigenvalue weighted by atomic mass is 10.3. The summed E-state index contributed by atoms with van der Waals surface area (Å²) in [6.45, 7) is 3.81. The van der Waals surface area contributed by atoms with E-state index in [0.29, 0.717) is 37.4 Å². The van der Waals surface area contributed by atoms with Crippen molar-refractivity contribution in [2.24, 2.45) is 0 Å². The van der Waals surface area contributed by atoms with Crippen molar-refractivity contribution in [1.82, 2.24) is 9.97 Å². The fourth-order valence-corrected chi connectivity index (χ4v) is 1.40. The molecule has 0 spiro atoms. The third kappa shape index (κ3) is 3.15. The molecular weight excluding hydrogens is 230 g/mol.